The monoisotopic (exact) mass is 187 g/mol. The van der Waals surface area contributed by atoms with E-state index in [1.165, 1.54) is 6.08 Å². The van der Waals surface area contributed by atoms with Gasteiger partial charge in [-0.2, -0.15) is 0 Å². The van der Waals surface area contributed by atoms with E-state index in [0.29, 0.717) is 0 Å². The Kier molecular flexibility index (Phi) is 13.1. The number of carbonyl (C=O) groups is 1. The number of nitrogens with one attached hydrogen (secondary N) is 1. The fourth-order valence-corrected chi connectivity index (χ4v) is 0.487. The average Bonchev–Trinajstić information content (AvgIpc) is 2.20. The molecule has 1 amide bonds. The van der Waals surface area contributed by atoms with Gasteiger partial charge in [-0.1, -0.05) is 43.0 Å². The van der Waals surface area contributed by atoms with Crippen molar-refractivity contribution >= 4 is 35.5 Å². The molecule has 1 aromatic rings. The minimum absolute atomic E-state index is 0. The molecule has 0 unspecified atom stereocenters. The molecule has 0 bridgehead atoms. The molecule has 0 fully saturated rings. The molecule has 13 heavy (non-hydrogen) atoms. The smallest absolute Gasteiger partial charge is 0.0623 e. The van der Waals surface area contributed by atoms with E-state index < -0.39 is 0 Å². The largest absolute Gasteiger partial charge is 0.0623 e. The van der Waals surface area contributed by atoms with E-state index in [9.17, 15) is 4.79 Å². The molecule has 0 saturated heterocycles. The second-order valence-corrected chi connectivity index (χ2v) is 1.97. The van der Waals surface area contributed by atoms with Crippen LogP contribution in [0.2, 0.25) is 0 Å². The van der Waals surface area contributed by atoms with Gasteiger partial charge in [-0.25, -0.2) is 0 Å². The Morgan fingerprint density at radius 2 is 1.46 bits per heavy atom. The minimum Gasteiger partial charge on any atom is -0.0623 e. The molecule has 1 N–H and O–H groups in total. The molecule has 0 spiro atoms. The fraction of sp³-hybridized carbons (Fsp3) is 0.100. The standard InChI is InChI=1S/C6H6.C4H7NO.Na.H/c1-2-4-6-5-3-1;1-3-4(6)5-2;;/h1-6H;3H,1H2,2H3,(H,5,6);;. The molecule has 0 aliphatic carbocycles. The Morgan fingerprint density at radius 1 is 1.15 bits per heavy atom. The summed E-state index contributed by atoms with van der Waals surface area (Å²) in [5, 5.41) is 2.36. The Bertz CT molecular complexity index is 197. The van der Waals surface area contributed by atoms with Crippen molar-refractivity contribution in [2.75, 3.05) is 7.05 Å². The first-order valence-corrected chi connectivity index (χ1v) is 3.65. The van der Waals surface area contributed by atoms with Gasteiger partial charge in [-0.15, -0.1) is 0 Å². The maximum absolute atomic E-state index is 9.95. The van der Waals surface area contributed by atoms with E-state index in [1.54, 1.807) is 7.05 Å². The molecule has 1 rings (SSSR count). The molecule has 0 aliphatic heterocycles. The van der Waals surface area contributed by atoms with Crippen molar-refractivity contribution in [2.45, 2.75) is 0 Å². The first kappa shape index (κ1) is 14.9. The summed E-state index contributed by atoms with van der Waals surface area (Å²) in [5.74, 6) is -0.144. The summed E-state index contributed by atoms with van der Waals surface area (Å²) in [6.45, 7) is 3.22. The molecule has 3 heteroatoms. The van der Waals surface area contributed by atoms with Gasteiger partial charge in [0.2, 0.25) is 5.91 Å². The molecule has 0 atom stereocenters. The SMILES string of the molecule is C=CC(=O)NC.[NaH].c1ccccc1. The Hall–Kier alpha value is -0.570. The summed E-state index contributed by atoms with van der Waals surface area (Å²) in [6.07, 6.45) is 1.22. The third-order valence-electron chi connectivity index (χ3n) is 1.10. The van der Waals surface area contributed by atoms with E-state index in [-0.39, 0.29) is 35.5 Å². The van der Waals surface area contributed by atoms with Crippen molar-refractivity contribution in [3.63, 3.8) is 0 Å². The quantitative estimate of drug-likeness (QED) is 0.515. The zero-order chi connectivity index (χ0) is 9.23. The van der Waals surface area contributed by atoms with E-state index in [1.807, 2.05) is 36.4 Å². The Balaban J connectivity index is 0. The third-order valence-corrected chi connectivity index (χ3v) is 1.10. The van der Waals surface area contributed by atoms with Gasteiger partial charge >= 0.3 is 29.6 Å². The summed E-state index contributed by atoms with van der Waals surface area (Å²) in [7, 11) is 1.56. The molecule has 0 heterocycles. The van der Waals surface area contributed by atoms with Gasteiger partial charge in [0.05, 0.1) is 0 Å². The van der Waals surface area contributed by atoms with Crippen molar-refractivity contribution in [1.29, 1.82) is 0 Å². The van der Waals surface area contributed by atoms with Crippen molar-refractivity contribution < 1.29 is 4.79 Å². The Labute approximate surface area is 101 Å². The molecule has 1 aromatic carbocycles. The maximum atomic E-state index is 9.95. The Morgan fingerprint density at radius 3 is 1.54 bits per heavy atom. The normalized spacial score (nSPS) is 6.85. The number of hydrogen-bond acceptors (Lipinski definition) is 1. The van der Waals surface area contributed by atoms with Crippen LogP contribution < -0.4 is 5.32 Å². The van der Waals surface area contributed by atoms with Crippen LogP contribution in [0.1, 0.15) is 0 Å². The molecular weight excluding hydrogens is 173 g/mol. The van der Waals surface area contributed by atoms with Crippen LogP contribution in [0.15, 0.2) is 49.1 Å². The number of benzene rings is 1. The van der Waals surface area contributed by atoms with Crippen LogP contribution in [0.3, 0.4) is 0 Å². The minimum atomic E-state index is -0.144. The van der Waals surface area contributed by atoms with Crippen LogP contribution in [0.4, 0.5) is 0 Å². The number of carbonyl (C=O) groups excluding carboxylic acids is 1. The van der Waals surface area contributed by atoms with Gasteiger partial charge in [0.1, 0.15) is 0 Å². The number of likely N-dealkylation sites (N-methyl/N-ethyl adjacent to an activating group) is 1. The number of rotatable bonds is 1. The fourth-order valence-electron chi connectivity index (χ4n) is 0.487. The van der Waals surface area contributed by atoms with E-state index in [0.717, 1.165) is 0 Å². The van der Waals surface area contributed by atoms with Crippen LogP contribution in [0, 0.1) is 0 Å². The van der Waals surface area contributed by atoms with Crippen LogP contribution in [-0.4, -0.2) is 42.5 Å². The number of amides is 1. The van der Waals surface area contributed by atoms with E-state index in [2.05, 4.69) is 11.9 Å². The zero-order valence-corrected chi connectivity index (χ0v) is 7.16. The van der Waals surface area contributed by atoms with Gasteiger partial charge in [-0.05, 0) is 6.08 Å². The van der Waals surface area contributed by atoms with Crippen molar-refractivity contribution in [3.05, 3.63) is 49.1 Å². The maximum Gasteiger partial charge on any atom is -0.0623 e. The molecule has 0 saturated carbocycles. The first-order valence-electron chi connectivity index (χ1n) is 3.65. The van der Waals surface area contributed by atoms with E-state index in [4.69, 9.17) is 0 Å². The second-order valence-electron chi connectivity index (χ2n) is 1.97. The molecule has 66 valence electrons. The topological polar surface area (TPSA) is 29.1 Å². The average molecular weight is 187 g/mol. The van der Waals surface area contributed by atoms with Crippen molar-refractivity contribution in [2.24, 2.45) is 0 Å². The predicted molar refractivity (Wildman–Crippen MR) is 57.9 cm³/mol. The van der Waals surface area contributed by atoms with Crippen LogP contribution in [-0.2, 0) is 4.79 Å². The van der Waals surface area contributed by atoms with Gasteiger partial charge in [0.15, 0.2) is 0 Å². The molecule has 0 aliphatic rings. The summed E-state index contributed by atoms with van der Waals surface area (Å²) >= 11 is 0. The molecule has 0 radical (unpaired) electrons. The van der Waals surface area contributed by atoms with Crippen LogP contribution >= 0.6 is 0 Å². The number of hydrogen-bond donors (Lipinski definition) is 1. The van der Waals surface area contributed by atoms with Crippen molar-refractivity contribution in [3.8, 4) is 0 Å². The third kappa shape index (κ3) is 11.4. The van der Waals surface area contributed by atoms with Crippen molar-refractivity contribution in [1.82, 2.24) is 5.32 Å². The first-order chi connectivity index (χ1) is 5.81. The summed E-state index contributed by atoms with van der Waals surface area (Å²) in [4.78, 5) is 9.95. The van der Waals surface area contributed by atoms with Crippen LogP contribution in [0.5, 0.6) is 0 Å². The molecule has 2 nitrogen and oxygen atoms in total. The summed E-state index contributed by atoms with van der Waals surface area (Å²) in [6, 6.07) is 12.0. The van der Waals surface area contributed by atoms with Crippen LogP contribution in [0.25, 0.3) is 0 Å². The van der Waals surface area contributed by atoms with Gasteiger partial charge in [0, 0.05) is 7.05 Å². The summed E-state index contributed by atoms with van der Waals surface area (Å²) in [5.41, 5.74) is 0. The van der Waals surface area contributed by atoms with Gasteiger partial charge in [0.25, 0.3) is 0 Å². The second kappa shape index (κ2) is 11.4. The molecular formula is C10H14NNaO. The van der Waals surface area contributed by atoms with Gasteiger partial charge in [-0.3, -0.25) is 4.79 Å². The van der Waals surface area contributed by atoms with E-state index >= 15 is 0 Å². The summed E-state index contributed by atoms with van der Waals surface area (Å²) < 4.78 is 0. The molecule has 0 aromatic heterocycles. The van der Waals surface area contributed by atoms with Gasteiger partial charge < -0.3 is 5.32 Å². The predicted octanol–water partition coefficient (Wildman–Crippen LogP) is 0.956. The zero-order valence-electron chi connectivity index (χ0n) is 7.16.